The summed E-state index contributed by atoms with van der Waals surface area (Å²) in [5.74, 6) is 1.27. The first kappa shape index (κ1) is 17.1. The van der Waals surface area contributed by atoms with Gasteiger partial charge >= 0.3 is 0 Å². The first-order valence-corrected chi connectivity index (χ1v) is 11.0. The van der Waals surface area contributed by atoms with E-state index in [1.807, 2.05) is 6.92 Å². The molecule has 1 atom stereocenters. The van der Waals surface area contributed by atoms with Crippen LogP contribution in [0.3, 0.4) is 0 Å². The first-order chi connectivity index (χ1) is 11.8. The predicted molar refractivity (Wildman–Crippen MR) is 102 cm³/mol. The molecule has 1 N–H and O–H groups in total. The van der Waals surface area contributed by atoms with Crippen LogP contribution in [0.1, 0.15) is 69.5 Å². The lowest BCUT2D eigenvalue weighted by molar-refractivity contribution is 0.532. The summed E-state index contributed by atoms with van der Waals surface area (Å²) in [6, 6.07) is 6.54. The molecule has 2 aliphatic rings. The fraction of sp³-hybridized carbons (Fsp3) is 0.600. The summed E-state index contributed by atoms with van der Waals surface area (Å²) in [6.45, 7) is 7.35. The molecule has 0 amide bonds. The quantitative estimate of drug-likeness (QED) is 0.799. The average molecular weight is 361 g/mol. The van der Waals surface area contributed by atoms with E-state index in [0.717, 1.165) is 30.9 Å². The molecule has 0 spiro atoms. The van der Waals surface area contributed by atoms with E-state index >= 15 is 0 Å². The number of hydrogen-bond donors (Lipinski definition) is 1. The number of nitrogens with zero attached hydrogens (tertiary/aromatic N) is 1. The highest BCUT2D eigenvalue weighted by Crippen LogP contribution is 2.42. The van der Waals surface area contributed by atoms with Crippen molar-refractivity contribution < 1.29 is 8.42 Å². The molecule has 5 heteroatoms. The fourth-order valence-corrected chi connectivity index (χ4v) is 5.25. The first-order valence-electron chi connectivity index (χ1n) is 9.49. The molecular weight excluding hydrogens is 332 g/mol. The van der Waals surface area contributed by atoms with Gasteiger partial charge in [-0.3, -0.25) is 0 Å². The smallest absolute Gasteiger partial charge is 0.215 e. The highest BCUT2D eigenvalue weighted by atomic mass is 32.2. The molecule has 2 aromatic rings. The molecule has 2 saturated carbocycles. The second-order valence-electron chi connectivity index (χ2n) is 8.27. The Morgan fingerprint density at radius 2 is 1.88 bits per heavy atom. The lowest BCUT2D eigenvalue weighted by Gasteiger charge is -2.13. The van der Waals surface area contributed by atoms with Crippen molar-refractivity contribution in [2.24, 2.45) is 5.92 Å². The van der Waals surface area contributed by atoms with Crippen molar-refractivity contribution in [2.75, 3.05) is 0 Å². The van der Waals surface area contributed by atoms with Crippen LogP contribution in [0, 0.1) is 5.92 Å². The van der Waals surface area contributed by atoms with Crippen molar-refractivity contribution in [3.8, 4) is 0 Å². The van der Waals surface area contributed by atoms with Crippen LogP contribution in [0.25, 0.3) is 10.9 Å². The van der Waals surface area contributed by atoms with E-state index in [9.17, 15) is 8.42 Å². The van der Waals surface area contributed by atoms with Crippen molar-refractivity contribution in [1.29, 1.82) is 0 Å². The van der Waals surface area contributed by atoms with Crippen LogP contribution < -0.4 is 4.72 Å². The maximum atomic E-state index is 12.3. The molecule has 4 nitrogen and oxygen atoms in total. The van der Waals surface area contributed by atoms with E-state index in [4.69, 9.17) is 0 Å². The maximum absolute atomic E-state index is 12.3. The molecule has 0 saturated heterocycles. The van der Waals surface area contributed by atoms with Crippen LogP contribution >= 0.6 is 0 Å². The number of nitrogens with one attached hydrogen (secondary N) is 1. The molecule has 1 heterocycles. The molecule has 136 valence electrons. The summed E-state index contributed by atoms with van der Waals surface area (Å²) in [4.78, 5) is 0. The van der Waals surface area contributed by atoms with Gasteiger partial charge in [0.05, 0.1) is 5.25 Å². The Hall–Kier alpha value is -1.33. The number of rotatable bonds is 7. The third kappa shape index (κ3) is 3.49. The summed E-state index contributed by atoms with van der Waals surface area (Å²) < 4.78 is 29.9. The minimum atomic E-state index is -3.19. The molecule has 25 heavy (non-hydrogen) atoms. The summed E-state index contributed by atoms with van der Waals surface area (Å²) in [7, 11) is -3.19. The number of aromatic nitrogens is 1. The van der Waals surface area contributed by atoms with Crippen LogP contribution in [-0.4, -0.2) is 18.2 Å². The summed E-state index contributed by atoms with van der Waals surface area (Å²) in [5.41, 5.74) is 3.75. The molecule has 0 bridgehead atoms. The van der Waals surface area contributed by atoms with Crippen molar-refractivity contribution in [3.05, 3.63) is 35.5 Å². The standard InChI is InChI=1S/C20H28N2O2S/c1-13(2)11-22-12-19(14(3)21-25(23,24)17-7-8-17)18-9-6-16(10-20(18)22)15-4-5-15/h6,9-10,12-15,17,21H,4-5,7-8,11H2,1-3H3/t14-/m1/s1. The Kier molecular flexibility index (Phi) is 4.19. The zero-order chi connectivity index (χ0) is 17.8. The van der Waals surface area contributed by atoms with E-state index in [-0.39, 0.29) is 11.3 Å². The largest absolute Gasteiger partial charge is 0.347 e. The number of benzene rings is 1. The lowest BCUT2D eigenvalue weighted by atomic mass is 10.0. The minimum Gasteiger partial charge on any atom is -0.347 e. The minimum absolute atomic E-state index is 0.180. The van der Waals surface area contributed by atoms with Gasteiger partial charge in [0.15, 0.2) is 0 Å². The number of hydrogen-bond acceptors (Lipinski definition) is 2. The third-order valence-corrected chi connectivity index (χ3v) is 7.35. The van der Waals surface area contributed by atoms with Crippen molar-refractivity contribution >= 4 is 20.9 Å². The topological polar surface area (TPSA) is 51.1 Å². The van der Waals surface area contributed by atoms with Gasteiger partial charge in [0.25, 0.3) is 0 Å². The van der Waals surface area contributed by atoms with Crippen LogP contribution in [0.15, 0.2) is 24.4 Å². The van der Waals surface area contributed by atoms with E-state index in [0.29, 0.717) is 5.92 Å². The van der Waals surface area contributed by atoms with Gasteiger partial charge < -0.3 is 4.57 Å². The van der Waals surface area contributed by atoms with Crippen LogP contribution in [0.2, 0.25) is 0 Å². The van der Waals surface area contributed by atoms with Crippen molar-refractivity contribution in [1.82, 2.24) is 9.29 Å². The van der Waals surface area contributed by atoms with Gasteiger partial charge in [-0.25, -0.2) is 13.1 Å². The number of sulfonamides is 1. The van der Waals surface area contributed by atoms with Gasteiger partial charge in [-0.1, -0.05) is 26.0 Å². The number of fused-ring (bicyclic) bond motifs is 1. The lowest BCUT2D eigenvalue weighted by Crippen LogP contribution is -2.29. The molecule has 2 aliphatic carbocycles. The summed E-state index contributed by atoms with van der Waals surface area (Å²) in [6.07, 6.45) is 6.33. The molecule has 0 aliphatic heterocycles. The van der Waals surface area contributed by atoms with Crippen molar-refractivity contribution in [2.45, 2.75) is 70.2 Å². The van der Waals surface area contributed by atoms with Crippen LogP contribution in [0.4, 0.5) is 0 Å². The highest BCUT2D eigenvalue weighted by molar-refractivity contribution is 7.90. The maximum Gasteiger partial charge on any atom is 0.215 e. The average Bonchev–Trinajstić information content (AvgIpc) is 3.43. The zero-order valence-electron chi connectivity index (χ0n) is 15.3. The Morgan fingerprint density at radius 3 is 2.48 bits per heavy atom. The Balaban J connectivity index is 1.72. The Labute approximate surface area is 150 Å². The summed E-state index contributed by atoms with van der Waals surface area (Å²) in [5, 5.41) is 0.997. The van der Waals surface area contributed by atoms with Gasteiger partial charge in [-0.15, -0.1) is 0 Å². The molecular formula is C20H28N2O2S. The van der Waals surface area contributed by atoms with E-state index in [1.54, 1.807) is 0 Å². The zero-order valence-corrected chi connectivity index (χ0v) is 16.1. The van der Waals surface area contributed by atoms with Gasteiger partial charge in [0.2, 0.25) is 10.0 Å². The van der Waals surface area contributed by atoms with Crippen LogP contribution in [-0.2, 0) is 16.6 Å². The normalized spacial score (nSPS) is 19.7. The SMILES string of the molecule is CC(C)Cn1cc([C@@H](C)NS(=O)(=O)C2CC2)c2ccc(C3CC3)cc21. The Bertz CT molecular complexity index is 890. The molecule has 0 unspecified atom stereocenters. The molecule has 0 radical (unpaired) electrons. The second kappa shape index (κ2) is 6.13. The second-order valence-corrected chi connectivity index (χ2v) is 10.3. The summed E-state index contributed by atoms with van der Waals surface area (Å²) >= 11 is 0. The fourth-order valence-electron chi connectivity index (χ4n) is 3.68. The van der Waals surface area contributed by atoms with E-state index in [1.165, 1.54) is 29.3 Å². The molecule has 4 rings (SSSR count). The van der Waals surface area contributed by atoms with E-state index < -0.39 is 10.0 Å². The van der Waals surface area contributed by atoms with E-state index in [2.05, 4.69) is 47.5 Å². The van der Waals surface area contributed by atoms with Crippen LogP contribution in [0.5, 0.6) is 0 Å². The monoisotopic (exact) mass is 360 g/mol. The molecule has 2 fully saturated rings. The predicted octanol–water partition coefficient (Wildman–Crippen LogP) is 4.32. The van der Waals surface area contributed by atoms with Gasteiger partial charge in [-0.2, -0.15) is 0 Å². The van der Waals surface area contributed by atoms with Gasteiger partial charge in [-0.05, 0) is 61.6 Å². The molecule has 1 aromatic heterocycles. The Morgan fingerprint density at radius 1 is 1.16 bits per heavy atom. The van der Waals surface area contributed by atoms with Gasteiger partial charge in [0, 0.05) is 29.7 Å². The molecule has 1 aromatic carbocycles. The van der Waals surface area contributed by atoms with Crippen molar-refractivity contribution in [3.63, 3.8) is 0 Å². The third-order valence-electron chi connectivity index (χ3n) is 5.32. The van der Waals surface area contributed by atoms with Gasteiger partial charge in [0.1, 0.15) is 0 Å². The highest BCUT2D eigenvalue weighted by Gasteiger charge is 2.37.